The Morgan fingerprint density at radius 1 is 1.00 bits per heavy atom. The average Bonchev–Trinajstić information content (AvgIpc) is 2.23. The van der Waals surface area contributed by atoms with Gasteiger partial charge in [0, 0.05) is 0 Å². The topological polar surface area (TPSA) is 9.23 Å². The molecule has 0 heterocycles. The summed E-state index contributed by atoms with van der Waals surface area (Å²) in [4.78, 5) is 7.38. The van der Waals surface area contributed by atoms with E-state index < -0.39 is 27.4 Å². The third-order valence-electron chi connectivity index (χ3n) is 3.27. The van der Waals surface area contributed by atoms with Crippen molar-refractivity contribution in [2.24, 2.45) is 5.41 Å². The van der Waals surface area contributed by atoms with Gasteiger partial charge in [0.2, 0.25) is 0 Å². The first kappa shape index (κ1) is 17.2. The van der Waals surface area contributed by atoms with E-state index in [0.29, 0.717) is 0 Å². The fraction of sp³-hybridized carbons (Fsp3) is 0.625. The van der Waals surface area contributed by atoms with E-state index in [9.17, 15) is 0 Å². The van der Waals surface area contributed by atoms with Crippen molar-refractivity contribution in [2.45, 2.75) is 54.8 Å². The van der Waals surface area contributed by atoms with Gasteiger partial charge in [0.1, 0.15) is 0 Å². The standard InChI is InChI=1S/C13H21OSi.3CH3.Sn/c1-13(2,3)12(14-15(4)5)11-9-7-6-8-10-11;;;;/h7-10,12,15H,1-5H3;3*1H3;. The Balaban J connectivity index is 3.05. The molecule has 1 aromatic rings. The van der Waals surface area contributed by atoms with Crippen LogP contribution in [0.25, 0.3) is 0 Å². The monoisotopic (exact) mass is 386 g/mol. The Kier molecular flexibility index (Phi) is 5.73. The van der Waals surface area contributed by atoms with Crippen molar-refractivity contribution in [3.8, 4) is 0 Å². The zero-order valence-electron chi connectivity index (χ0n) is 13.9. The molecule has 0 amide bonds. The molecule has 1 atom stereocenters. The van der Waals surface area contributed by atoms with Gasteiger partial charge in [-0.25, -0.2) is 0 Å². The Hall–Kier alpha value is 0.196. The molecule has 0 aliphatic heterocycles. The van der Waals surface area contributed by atoms with E-state index in [2.05, 4.69) is 72.9 Å². The van der Waals surface area contributed by atoms with E-state index in [4.69, 9.17) is 4.43 Å². The first-order valence-corrected chi connectivity index (χ1v) is 20.0. The molecule has 1 rings (SSSR count). The first-order chi connectivity index (χ1) is 8.51. The van der Waals surface area contributed by atoms with Crippen LogP contribution in [-0.2, 0) is 4.43 Å². The van der Waals surface area contributed by atoms with E-state index in [1.165, 1.54) is 5.56 Å². The van der Waals surface area contributed by atoms with Crippen LogP contribution < -0.4 is 3.58 Å². The van der Waals surface area contributed by atoms with Gasteiger partial charge in [-0.05, 0) is 0 Å². The summed E-state index contributed by atoms with van der Waals surface area (Å²) in [6.45, 7) is 11.3. The molecule has 0 aliphatic rings. The second kappa shape index (κ2) is 6.31. The molecular weight excluding hydrogens is 355 g/mol. The van der Waals surface area contributed by atoms with Crippen molar-refractivity contribution in [3.63, 3.8) is 0 Å². The molecule has 0 fully saturated rings. The summed E-state index contributed by atoms with van der Waals surface area (Å²) in [6, 6.07) is 9.28. The van der Waals surface area contributed by atoms with Gasteiger partial charge in [0.25, 0.3) is 0 Å². The number of hydrogen-bond acceptors (Lipinski definition) is 1. The van der Waals surface area contributed by atoms with Gasteiger partial charge >= 0.3 is 125 Å². The van der Waals surface area contributed by atoms with Crippen LogP contribution in [-0.4, -0.2) is 27.4 Å². The molecule has 1 unspecified atom stereocenters. The molecule has 1 nitrogen and oxygen atoms in total. The van der Waals surface area contributed by atoms with Crippen molar-refractivity contribution < 1.29 is 4.43 Å². The summed E-state index contributed by atoms with van der Waals surface area (Å²) >= 11 is -1.92. The van der Waals surface area contributed by atoms with E-state index in [1.54, 1.807) is 3.58 Å². The fourth-order valence-electron chi connectivity index (χ4n) is 2.21. The van der Waals surface area contributed by atoms with Crippen LogP contribution in [0.1, 0.15) is 32.4 Å². The zero-order chi connectivity index (χ0) is 14.8. The van der Waals surface area contributed by atoms with Crippen molar-refractivity contribution >= 4 is 31.0 Å². The van der Waals surface area contributed by atoms with Gasteiger partial charge in [-0.3, -0.25) is 0 Å². The molecular formula is C16H30OSiSn. The van der Waals surface area contributed by atoms with Gasteiger partial charge < -0.3 is 0 Å². The zero-order valence-corrected chi connectivity index (χ0v) is 17.9. The van der Waals surface area contributed by atoms with Gasteiger partial charge in [0.05, 0.1) is 0 Å². The maximum absolute atomic E-state index is 6.28. The fourth-order valence-corrected chi connectivity index (χ4v) is 6.65. The van der Waals surface area contributed by atoms with Crippen molar-refractivity contribution in [1.29, 1.82) is 0 Å². The molecule has 0 saturated carbocycles. The first-order valence-electron chi connectivity index (χ1n) is 7.27. The number of benzene rings is 1. The van der Waals surface area contributed by atoms with E-state index in [1.807, 2.05) is 0 Å². The van der Waals surface area contributed by atoms with E-state index >= 15 is 0 Å². The van der Waals surface area contributed by atoms with Crippen molar-refractivity contribution in [2.75, 3.05) is 0 Å². The van der Waals surface area contributed by atoms with Crippen LogP contribution in [0.3, 0.4) is 0 Å². The maximum atomic E-state index is 6.28. The molecule has 0 N–H and O–H groups in total. The molecule has 108 valence electrons. The van der Waals surface area contributed by atoms with Gasteiger partial charge in [0.15, 0.2) is 0 Å². The second-order valence-electron chi connectivity index (χ2n) is 7.80. The van der Waals surface area contributed by atoms with Gasteiger partial charge in [-0.15, -0.1) is 0 Å². The third-order valence-corrected chi connectivity index (χ3v) is 9.99. The summed E-state index contributed by atoms with van der Waals surface area (Å²) in [6.07, 6.45) is 0.225. The SMILES string of the molecule is C[SiH](C)OC(c1cc[c]([Sn]([CH3])([CH3])[CH3])cc1)C(C)(C)C. The predicted octanol–water partition coefficient (Wildman–Crippen LogP) is 4.32. The van der Waals surface area contributed by atoms with Crippen LogP contribution >= 0.6 is 0 Å². The molecule has 0 spiro atoms. The Morgan fingerprint density at radius 3 is 1.79 bits per heavy atom. The van der Waals surface area contributed by atoms with Gasteiger partial charge in [-0.2, -0.15) is 0 Å². The van der Waals surface area contributed by atoms with Crippen LogP contribution in [0.4, 0.5) is 0 Å². The molecule has 0 bridgehead atoms. The Morgan fingerprint density at radius 2 is 1.47 bits per heavy atom. The molecule has 0 saturated heterocycles. The quantitative estimate of drug-likeness (QED) is 0.702. The second-order valence-corrected chi connectivity index (χ2v) is 24.7. The van der Waals surface area contributed by atoms with Gasteiger partial charge in [-0.1, -0.05) is 0 Å². The Labute approximate surface area is 125 Å². The van der Waals surface area contributed by atoms with E-state index in [0.717, 1.165) is 0 Å². The third kappa shape index (κ3) is 5.23. The van der Waals surface area contributed by atoms with Crippen LogP contribution in [0.2, 0.25) is 27.9 Å². The molecule has 0 aromatic heterocycles. The molecule has 19 heavy (non-hydrogen) atoms. The molecule has 1 aromatic carbocycles. The van der Waals surface area contributed by atoms with E-state index in [-0.39, 0.29) is 11.5 Å². The average molecular weight is 385 g/mol. The number of hydrogen-bond donors (Lipinski definition) is 0. The minimum absolute atomic E-state index is 0.157. The number of rotatable bonds is 4. The summed E-state index contributed by atoms with van der Waals surface area (Å²) in [5, 5.41) is 0. The summed E-state index contributed by atoms with van der Waals surface area (Å²) in [7, 11) is -1.03. The minimum atomic E-state index is -1.92. The molecule has 0 radical (unpaired) electrons. The van der Waals surface area contributed by atoms with Crippen molar-refractivity contribution in [3.05, 3.63) is 29.8 Å². The van der Waals surface area contributed by atoms with Crippen molar-refractivity contribution in [1.82, 2.24) is 0 Å². The van der Waals surface area contributed by atoms with Crippen LogP contribution in [0.5, 0.6) is 0 Å². The Bertz CT molecular complexity index is 398. The normalized spacial score (nSPS) is 14.8. The summed E-state index contributed by atoms with van der Waals surface area (Å²) in [5.41, 5.74) is 1.50. The van der Waals surface area contributed by atoms with Crippen LogP contribution in [0.15, 0.2) is 24.3 Å². The molecule has 0 aliphatic carbocycles. The predicted molar refractivity (Wildman–Crippen MR) is 91.6 cm³/mol. The summed E-state index contributed by atoms with van der Waals surface area (Å²) in [5.74, 6) is 0. The van der Waals surface area contributed by atoms with Crippen LogP contribution in [0, 0.1) is 5.41 Å². The molecule has 3 heteroatoms. The summed E-state index contributed by atoms with van der Waals surface area (Å²) < 4.78 is 7.87.